The minimum atomic E-state index is -4.03. The molecule has 0 aliphatic heterocycles. The zero-order valence-corrected chi connectivity index (χ0v) is 9.17. The van der Waals surface area contributed by atoms with E-state index >= 15 is 0 Å². The van der Waals surface area contributed by atoms with Gasteiger partial charge in [0.25, 0.3) is 5.56 Å². The second kappa shape index (κ2) is 4.60. The predicted molar refractivity (Wildman–Crippen MR) is 54.6 cm³/mol. The number of aliphatic hydroxyl groups excluding tert-OH is 1. The Kier molecular flexibility index (Phi) is 3.62. The summed E-state index contributed by atoms with van der Waals surface area (Å²) in [5.74, 6) is 0. The molecule has 0 aliphatic rings. The highest BCUT2D eigenvalue weighted by atomic mass is 32.2. The van der Waals surface area contributed by atoms with Crippen molar-refractivity contribution in [2.75, 3.05) is 6.54 Å². The van der Waals surface area contributed by atoms with Crippen LogP contribution in [0.25, 0.3) is 0 Å². The van der Waals surface area contributed by atoms with Crippen molar-refractivity contribution in [2.45, 2.75) is 17.9 Å². The van der Waals surface area contributed by atoms with E-state index in [0.717, 1.165) is 6.20 Å². The second-order valence-electron chi connectivity index (χ2n) is 3.14. The van der Waals surface area contributed by atoms with Crippen LogP contribution < -0.4 is 16.0 Å². The van der Waals surface area contributed by atoms with Crippen molar-refractivity contribution in [3.05, 3.63) is 27.0 Å². The first kappa shape index (κ1) is 12.6. The summed E-state index contributed by atoms with van der Waals surface area (Å²) < 4.78 is 25.0. The van der Waals surface area contributed by atoms with Crippen molar-refractivity contribution < 1.29 is 13.5 Å². The molecular weight excluding hydrogens is 238 g/mol. The van der Waals surface area contributed by atoms with Crippen LogP contribution in [0.2, 0.25) is 0 Å². The molecule has 8 nitrogen and oxygen atoms in total. The highest BCUT2D eigenvalue weighted by Crippen LogP contribution is 1.97. The van der Waals surface area contributed by atoms with Crippen LogP contribution in [-0.2, 0) is 10.0 Å². The largest absolute Gasteiger partial charge is 0.392 e. The lowest BCUT2D eigenvalue weighted by molar-refractivity contribution is 0.198. The molecule has 0 bridgehead atoms. The molecule has 9 heteroatoms. The zero-order valence-electron chi connectivity index (χ0n) is 8.35. The van der Waals surface area contributed by atoms with Gasteiger partial charge in [-0.1, -0.05) is 0 Å². The van der Waals surface area contributed by atoms with Crippen LogP contribution in [0.3, 0.4) is 0 Å². The van der Waals surface area contributed by atoms with Gasteiger partial charge in [-0.25, -0.2) is 17.9 Å². The molecule has 16 heavy (non-hydrogen) atoms. The molecule has 0 radical (unpaired) electrons. The fourth-order valence-electron chi connectivity index (χ4n) is 0.905. The van der Waals surface area contributed by atoms with Crippen molar-refractivity contribution in [3.8, 4) is 0 Å². The Morgan fingerprint density at radius 1 is 1.50 bits per heavy atom. The van der Waals surface area contributed by atoms with Crippen LogP contribution in [0.5, 0.6) is 0 Å². The standard InChI is InChI=1S/C7H11N3O5S/c1-4(11)2-9-16(14,15)5-3-8-7(13)10-6(5)12/h3-4,9,11H,2H2,1H3,(H2,8,10,12,13)/t4-/m0/s1. The van der Waals surface area contributed by atoms with Crippen molar-refractivity contribution in [3.63, 3.8) is 0 Å². The molecule has 0 saturated carbocycles. The molecule has 4 N–H and O–H groups in total. The van der Waals surface area contributed by atoms with Gasteiger partial charge < -0.3 is 10.1 Å². The Balaban J connectivity index is 3.08. The number of aromatic amines is 2. The van der Waals surface area contributed by atoms with Gasteiger partial charge >= 0.3 is 5.69 Å². The molecule has 0 aliphatic carbocycles. The van der Waals surface area contributed by atoms with Crippen molar-refractivity contribution >= 4 is 10.0 Å². The van der Waals surface area contributed by atoms with E-state index in [0.29, 0.717) is 0 Å². The van der Waals surface area contributed by atoms with E-state index in [1.807, 2.05) is 9.71 Å². The Bertz CT molecular complexity index is 570. The predicted octanol–water partition coefficient (Wildman–Crippen LogP) is -2.28. The molecule has 1 aromatic heterocycles. The summed E-state index contributed by atoms with van der Waals surface area (Å²) in [7, 11) is -4.03. The van der Waals surface area contributed by atoms with Gasteiger partial charge in [-0.2, -0.15) is 0 Å². The second-order valence-corrected chi connectivity index (χ2v) is 4.87. The molecule has 1 atom stereocenters. The van der Waals surface area contributed by atoms with Gasteiger partial charge in [-0.15, -0.1) is 0 Å². The lowest BCUT2D eigenvalue weighted by atomic mass is 10.4. The van der Waals surface area contributed by atoms with E-state index < -0.39 is 32.3 Å². The van der Waals surface area contributed by atoms with Gasteiger partial charge in [0.1, 0.15) is 0 Å². The number of nitrogens with one attached hydrogen (secondary N) is 3. The van der Waals surface area contributed by atoms with E-state index in [9.17, 15) is 18.0 Å². The van der Waals surface area contributed by atoms with Gasteiger partial charge in [0.05, 0.1) is 6.10 Å². The van der Waals surface area contributed by atoms with Crippen LogP contribution in [0.4, 0.5) is 0 Å². The normalized spacial score (nSPS) is 13.6. The highest BCUT2D eigenvalue weighted by Gasteiger charge is 2.18. The number of hydrogen-bond donors (Lipinski definition) is 4. The molecule has 1 heterocycles. The molecule has 1 rings (SSSR count). The quantitative estimate of drug-likeness (QED) is 0.477. The molecule has 1 aromatic rings. The van der Waals surface area contributed by atoms with E-state index in [4.69, 9.17) is 5.11 Å². The summed E-state index contributed by atoms with van der Waals surface area (Å²) in [6, 6.07) is 0. The number of aliphatic hydroxyl groups is 1. The fourth-order valence-corrected chi connectivity index (χ4v) is 2.03. The third-order valence-corrected chi connectivity index (χ3v) is 3.07. The maximum Gasteiger partial charge on any atom is 0.325 e. The molecule has 90 valence electrons. The van der Waals surface area contributed by atoms with Gasteiger partial charge in [0, 0.05) is 12.7 Å². The van der Waals surface area contributed by atoms with Crippen molar-refractivity contribution in [1.29, 1.82) is 0 Å². The average molecular weight is 249 g/mol. The fraction of sp³-hybridized carbons (Fsp3) is 0.429. The first-order valence-corrected chi connectivity index (χ1v) is 5.81. The number of aromatic nitrogens is 2. The number of hydrogen-bond acceptors (Lipinski definition) is 5. The summed E-state index contributed by atoms with van der Waals surface area (Å²) in [6.07, 6.45) is -0.0810. The SMILES string of the molecule is C[C@H](O)CNS(=O)(=O)c1c[nH]c(=O)[nH]c1=O. The zero-order chi connectivity index (χ0) is 12.3. The Labute approximate surface area is 90.4 Å². The van der Waals surface area contributed by atoms with Gasteiger partial charge in [0.15, 0.2) is 4.90 Å². The van der Waals surface area contributed by atoms with Crippen molar-refractivity contribution in [2.24, 2.45) is 0 Å². The molecule has 0 fully saturated rings. The minimum Gasteiger partial charge on any atom is -0.392 e. The van der Waals surface area contributed by atoms with Crippen LogP contribution in [-0.4, -0.2) is 36.1 Å². The number of H-pyrrole nitrogens is 2. The molecule has 0 unspecified atom stereocenters. The van der Waals surface area contributed by atoms with E-state index in [1.165, 1.54) is 6.92 Å². The molecule has 0 saturated heterocycles. The van der Waals surface area contributed by atoms with Gasteiger partial charge in [-0.05, 0) is 6.92 Å². The average Bonchev–Trinajstić information content (AvgIpc) is 2.14. The van der Waals surface area contributed by atoms with E-state index in [2.05, 4.69) is 0 Å². The molecule has 0 aromatic carbocycles. The lowest BCUT2D eigenvalue weighted by Crippen LogP contribution is -2.36. The maximum absolute atomic E-state index is 11.5. The topological polar surface area (TPSA) is 132 Å². The summed E-state index contributed by atoms with van der Waals surface area (Å²) in [5.41, 5.74) is -1.80. The molecule has 0 spiro atoms. The summed E-state index contributed by atoms with van der Waals surface area (Å²) in [5, 5.41) is 8.91. The molecule has 0 amide bonds. The number of sulfonamides is 1. The van der Waals surface area contributed by atoms with E-state index in [-0.39, 0.29) is 6.54 Å². The van der Waals surface area contributed by atoms with Crippen LogP contribution in [0.1, 0.15) is 6.92 Å². The van der Waals surface area contributed by atoms with Gasteiger partial charge in [-0.3, -0.25) is 9.78 Å². The lowest BCUT2D eigenvalue weighted by Gasteiger charge is -2.06. The van der Waals surface area contributed by atoms with Crippen LogP contribution in [0, 0.1) is 0 Å². The third kappa shape index (κ3) is 3.02. The Morgan fingerprint density at radius 2 is 2.12 bits per heavy atom. The highest BCUT2D eigenvalue weighted by molar-refractivity contribution is 7.89. The summed E-state index contributed by atoms with van der Waals surface area (Å²) in [4.78, 5) is 25.1. The van der Waals surface area contributed by atoms with Crippen LogP contribution in [0.15, 0.2) is 20.7 Å². The Hall–Kier alpha value is -1.45. The smallest absolute Gasteiger partial charge is 0.325 e. The first-order chi connectivity index (χ1) is 7.33. The summed E-state index contributed by atoms with van der Waals surface area (Å²) in [6.45, 7) is 1.17. The maximum atomic E-state index is 11.5. The summed E-state index contributed by atoms with van der Waals surface area (Å²) >= 11 is 0. The monoisotopic (exact) mass is 249 g/mol. The van der Waals surface area contributed by atoms with Crippen LogP contribution >= 0.6 is 0 Å². The Morgan fingerprint density at radius 3 is 2.62 bits per heavy atom. The number of rotatable bonds is 4. The van der Waals surface area contributed by atoms with E-state index in [1.54, 1.807) is 4.98 Å². The first-order valence-electron chi connectivity index (χ1n) is 4.32. The van der Waals surface area contributed by atoms with Crippen molar-refractivity contribution in [1.82, 2.24) is 14.7 Å². The molecular formula is C7H11N3O5S. The third-order valence-electron chi connectivity index (χ3n) is 1.64. The van der Waals surface area contributed by atoms with Gasteiger partial charge in [0.2, 0.25) is 10.0 Å². The minimum absolute atomic E-state index is 0.221.